The fourth-order valence-electron chi connectivity index (χ4n) is 3.82. The first-order valence-electron chi connectivity index (χ1n) is 8.92. The van der Waals surface area contributed by atoms with Crippen molar-refractivity contribution in [2.75, 3.05) is 5.32 Å². The predicted molar refractivity (Wildman–Crippen MR) is 95.7 cm³/mol. The second kappa shape index (κ2) is 7.19. The first-order chi connectivity index (χ1) is 13.4. The summed E-state index contributed by atoms with van der Waals surface area (Å²) in [5.74, 6) is -1.17. The third kappa shape index (κ3) is 3.17. The molecule has 0 spiro atoms. The zero-order valence-corrected chi connectivity index (χ0v) is 15.8. The SMILES string of the molecule is C[C@@H]1CCc2c1nc1c(c2NC(=O)/N=[SH](=O)/c2cnn(C(F)F)c2F)CCC1. The zero-order chi connectivity index (χ0) is 20.0. The van der Waals surface area contributed by atoms with Crippen LogP contribution in [0.15, 0.2) is 15.5 Å². The maximum absolute atomic E-state index is 13.9. The Morgan fingerprint density at radius 2 is 2.14 bits per heavy atom. The van der Waals surface area contributed by atoms with E-state index in [1.54, 1.807) is 0 Å². The molecule has 2 heterocycles. The van der Waals surface area contributed by atoms with Gasteiger partial charge in [0.2, 0.25) is 5.95 Å². The summed E-state index contributed by atoms with van der Waals surface area (Å²) >= 11 is 0. The molecule has 0 fully saturated rings. The molecule has 0 aliphatic heterocycles. The number of thiol groups is 1. The van der Waals surface area contributed by atoms with Gasteiger partial charge in [-0.25, -0.2) is 9.00 Å². The number of hydrogen-bond acceptors (Lipinski definition) is 4. The Morgan fingerprint density at radius 1 is 1.36 bits per heavy atom. The Bertz CT molecular complexity index is 1050. The molecule has 2 aliphatic rings. The quantitative estimate of drug-likeness (QED) is 0.753. The molecule has 2 aromatic heterocycles. The molecule has 2 amide bonds. The lowest BCUT2D eigenvalue weighted by Gasteiger charge is -2.14. The average molecular weight is 413 g/mol. The van der Waals surface area contributed by atoms with Crippen molar-refractivity contribution in [2.45, 2.75) is 56.4 Å². The summed E-state index contributed by atoms with van der Waals surface area (Å²) in [4.78, 5) is 16.5. The van der Waals surface area contributed by atoms with E-state index >= 15 is 0 Å². The average Bonchev–Trinajstić information content (AvgIpc) is 3.34. The summed E-state index contributed by atoms with van der Waals surface area (Å²) in [6, 6.07) is -0.910. The molecule has 0 radical (unpaired) electrons. The number of urea groups is 1. The number of hydrogen-bond donors (Lipinski definition) is 2. The Kier molecular flexibility index (Phi) is 4.86. The second-order valence-electron chi connectivity index (χ2n) is 6.92. The molecule has 0 saturated heterocycles. The van der Waals surface area contributed by atoms with Gasteiger partial charge < -0.3 is 5.32 Å². The van der Waals surface area contributed by atoms with Crippen molar-refractivity contribution in [3.8, 4) is 0 Å². The fraction of sp³-hybridized carbons (Fsp3) is 0.471. The van der Waals surface area contributed by atoms with Crippen LogP contribution in [-0.2, 0) is 29.9 Å². The first kappa shape index (κ1) is 18.9. The number of rotatable bonds is 3. The Labute approximate surface area is 160 Å². The van der Waals surface area contributed by atoms with Crippen molar-refractivity contribution in [1.29, 1.82) is 0 Å². The second-order valence-corrected chi connectivity index (χ2v) is 8.14. The highest BCUT2D eigenvalue weighted by Crippen LogP contribution is 2.41. The minimum absolute atomic E-state index is 0.208. The number of carbonyl (C=O) groups excluding carboxylic acids is 1. The highest BCUT2D eigenvalue weighted by atomic mass is 32.2. The van der Waals surface area contributed by atoms with Crippen molar-refractivity contribution in [3.05, 3.63) is 34.7 Å². The van der Waals surface area contributed by atoms with E-state index in [9.17, 15) is 22.2 Å². The van der Waals surface area contributed by atoms with E-state index in [-0.39, 0.29) is 4.68 Å². The smallest absolute Gasteiger partial charge is 0.305 e. The summed E-state index contributed by atoms with van der Waals surface area (Å²) in [5, 5.41) is 5.82. The van der Waals surface area contributed by atoms with Gasteiger partial charge in [0.05, 0.1) is 22.5 Å². The van der Waals surface area contributed by atoms with Crippen LogP contribution >= 0.6 is 0 Å². The molecule has 7 nitrogen and oxygen atoms in total. The molecule has 4 rings (SSSR count). The highest BCUT2D eigenvalue weighted by molar-refractivity contribution is 7.75. The molecule has 1 unspecified atom stereocenters. The summed E-state index contributed by atoms with van der Waals surface area (Å²) in [6.07, 6.45) is 4.95. The molecule has 1 N–H and O–H groups in total. The molecule has 0 aromatic carbocycles. The van der Waals surface area contributed by atoms with Crippen LogP contribution in [0.5, 0.6) is 0 Å². The number of pyridine rings is 1. The predicted octanol–water partition coefficient (Wildman–Crippen LogP) is 3.61. The summed E-state index contributed by atoms with van der Waals surface area (Å²) < 4.78 is 54.5. The van der Waals surface area contributed by atoms with E-state index < -0.39 is 34.0 Å². The lowest BCUT2D eigenvalue weighted by Crippen LogP contribution is -2.13. The number of carbonyl (C=O) groups is 1. The summed E-state index contributed by atoms with van der Waals surface area (Å²) in [7, 11) is -2.90. The standard InChI is InChI=1S/C17H18F3N5O2S/c1-8-5-6-10-13(8)22-11-4-2-3-9(11)14(10)23-17(26)24-28(27)12-7-21-25(15(12)18)16(19)20/h7-8,16,28H,2-6H2,1H3,(H,22,23,26)/t8-/m1/s1. The van der Waals surface area contributed by atoms with Gasteiger partial charge in [-0.05, 0) is 49.1 Å². The minimum atomic E-state index is -3.21. The van der Waals surface area contributed by atoms with E-state index in [1.165, 1.54) is 0 Å². The number of alkyl halides is 2. The van der Waals surface area contributed by atoms with E-state index in [0.717, 1.165) is 54.6 Å². The number of aromatic nitrogens is 3. The molecule has 11 heteroatoms. The molecule has 150 valence electrons. The topological polar surface area (TPSA) is 89.2 Å². The lowest BCUT2D eigenvalue weighted by molar-refractivity contribution is 0.0431. The van der Waals surface area contributed by atoms with Gasteiger partial charge in [-0.3, -0.25) is 4.98 Å². The highest BCUT2D eigenvalue weighted by Gasteiger charge is 2.29. The Morgan fingerprint density at radius 3 is 2.86 bits per heavy atom. The van der Waals surface area contributed by atoms with Crippen LogP contribution in [0, 0.1) is 5.95 Å². The van der Waals surface area contributed by atoms with Crippen molar-refractivity contribution < 1.29 is 22.2 Å². The van der Waals surface area contributed by atoms with Gasteiger partial charge in [-0.1, -0.05) is 6.92 Å². The Hall–Kier alpha value is -2.43. The molecule has 2 aliphatic carbocycles. The number of nitrogens with zero attached hydrogens (tertiary/aromatic N) is 4. The molecular weight excluding hydrogens is 395 g/mol. The summed E-state index contributed by atoms with van der Waals surface area (Å²) in [6.45, 7) is -1.13. The third-order valence-electron chi connectivity index (χ3n) is 5.17. The molecule has 2 aromatic rings. The number of fused-ring (bicyclic) bond motifs is 2. The van der Waals surface area contributed by atoms with Crippen molar-refractivity contribution in [3.63, 3.8) is 0 Å². The van der Waals surface area contributed by atoms with Crippen LogP contribution in [0.2, 0.25) is 0 Å². The van der Waals surface area contributed by atoms with Crippen LogP contribution in [0.1, 0.15) is 54.7 Å². The minimum Gasteiger partial charge on any atom is -0.305 e. The molecule has 0 saturated carbocycles. The van der Waals surface area contributed by atoms with Crippen LogP contribution in [0.3, 0.4) is 0 Å². The van der Waals surface area contributed by atoms with Gasteiger partial charge in [0.15, 0.2) is 0 Å². The van der Waals surface area contributed by atoms with E-state index in [4.69, 9.17) is 4.98 Å². The Balaban J connectivity index is 1.64. The van der Waals surface area contributed by atoms with E-state index in [1.807, 2.05) is 0 Å². The molecule has 28 heavy (non-hydrogen) atoms. The fourth-order valence-corrected chi connectivity index (χ4v) is 4.56. The number of anilines is 1. The number of amides is 2. The van der Waals surface area contributed by atoms with Crippen molar-refractivity contribution >= 4 is 22.3 Å². The van der Waals surface area contributed by atoms with Crippen LogP contribution in [-0.4, -0.2) is 25.0 Å². The number of nitrogens with one attached hydrogen (secondary N) is 1. The maximum atomic E-state index is 13.9. The zero-order valence-electron chi connectivity index (χ0n) is 15.0. The maximum Gasteiger partial charge on any atom is 0.353 e. The molecule has 0 bridgehead atoms. The van der Waals surface area contributed by atoms with E-state index in [2.05, 4.69) is 21.7 Å². The lowest BCUT2D eigenvalue weighted by atomic mass is 10.0. The molecular formula is C17H18F3N5O2S. The third-order valence-corrected chi connectivity index (χ3v) is 6.25. The number of aryl methyl sites for hydroxylation is 1. The van der Waals surface area contributed by atoms with Gasteiger partial charge in [0, 0.05) is 11.4 Å². The van der Waals surface area contributed by atoms with Gasteiger partial charge >= 0.3 is 12.6 Å². The number of halogens is 3. The summed E-state index contributed by atoms with van der Waals surface area (Å²) in [5.41, 5.74) is 4.50. The van der Waals surface area contributed by atoms with Crippen molar-refractivity contribution in [2.24, 2.45) is 4.36 Å². The van der Waals surface area contributed by atoms with Gasteiger partial charge in [0.1, 0.15) is 4.90 Å². The largest absolute Gasteiger partial charge is 0.353 e. The van der Waals surface area contributed by atoms with Crippen LogP contribution in [0.4, 0.5) is 23.7 Å². The van der Waals surface area contributed by atoms with Gasteiger partial charge in [-0.15, -0.1) is 4.36 Å². The van der Waals surface area contributed by atoms with Crippen molar-refractivity contribution in [1.82, 2.24) is 14.8 Å². The van der Waals surface area contributed by atoms with E-state index in [0.29, 0.717) is 17.8 Å². The molecule has 2 atom stereocenters. The van der Waals surface area contributed by atoms with Gasteiger partial charge in [-0.2, -0.15) is 23.0 Å². The van der Waals surface area contributed by atoms with Crippen LogP contribution < -0.4 is 5.32 Å². The normalized spacial score (nSPS) is 19.1. The van der Waals surface area contributed by atoms with Gasteiger partial charge in [0.25, 0.3) is 0 Å². The first-order valence-corrected chi connectivity index (χ1v) is 10.1. The monoisotopic (exact) mass is 413 g/mol. The van der Waals surface area contributed by atoms with Crippen LogP contribution in [0.25, 0.3) is 0 Å².